The average molecular weight is 275 g/mol. The first-order chi connectivity index (χ1) is 9.63. The fraction of sp³-hybridized carbons (Fsp3) is 0.500. The Morgan fingerprint density at radius 2 is 1.85 bits per heavy atom. The van der Waals surface area contributed by atoms with E-state index in [1.807, 2.05) is 37.3 Å². The molecule has 1 aromatic rings. The second kappa shape index (κ2) is 6.55. The SMILES string of the molecule is CCN(Cc1ccccc1)C(=O)C1CCCC1C(=O)O. The lowest BCUT2D eigenvalue weighted by Gasteiger charge is -2.26. The van der Waals surface area contributed by atoms with Gasteiger partial charge in [0.15, 0.2) is 0 Å². The van der Waals surface area contributed by atoms with Crippen LogP contribution in [-0.2, 0) is 16.1 Å². The van der Waals surface area contributed by atoms with Crippen molar-refractivity contribution in [3.05, 3.63) is 35.9 Å². The first-order valence-electron chi connectivity index (χ1n) is 7.19. The quantitative estimate of drug-likeness (QED) is 0.898. The summed E-state index contributed by atoms with van der Waals surface area (Å²) in [6.45, 7) is 3.10. The van der Waals surface area contributed by atoms with Gasteiger partial charge in [0.05, 0.1) is 11.8 Å². The Bertz CT molecular complexity index is 472. The monoisotopic (exact) mass is 275 g/mol. The lowest BCUT2D eigenvalue weighted by molar-refractivity contribution is -0.149. The minimum atomic E-state index is -0.836. The van der Waals surface area contributed by atoms with E-state index in [0.29, 0.717) is 25.9 Å². The molecule has 4 nitrogen and oxygen atoms in total. The van der Waals surface area contributed by atoms with E-state index >= 15 is 0 Å². The van der Waals surface area contributed by atoms with E-state index in [4.69, 9.17) is 0 Å². The van der Waals surface area contributed by atoms with Gasteiger partial charge in [-0.15, -0.1) is 0 Å². The predicted molar refractivity (Wildman–Crippen MR) is 76.0 cm³/mol. The molecule has 0 spiro atoms. The summed E-state index contributed by atoms with van der Waals surface area (Å²) >= 11 is 0. The zero-order chi connectivity index (χ0) is 14.5. The zero-order valence-corrected chi connectivity index (χ0v) is 11.8. The van der Waals surface area contributed by atoms with Crippen LogP contribution < -0.4 is 0 Å². The van der Waals surface area contributed by atoms with Gasteiger partial charge in [-0.25, -0.2) is 0 Å². The van der Waals surface area contributed by atoms with Crippen molar-refractivity contribution in [3.8, 4) is 0 Å². The fourth-order valence-electron chi connectivity index (χ4n) is 2.94. The third-order valence-electron chi connectivity index (χ3n) is 4.06. The van der Waals surface area contributed by atoms with Crippen molar-refractivity contribution in [3.63, 3.8) is 0 Å². The summed E-state index contributed by atoms with van der Waals surface area (Å²) in [6, 6.07) is 9.81. The molecule has 1 fully saturated rings. The summed E-state index contributed by atoms with van der Waals surface area (Å²) < 4.78 is 0. The van der Waals surface area contributed by atoms with Crippen LogP contribution in [0.4, 0.5) is 0 Å². The molecule has 2 unspecified atom stereocenters. The van der Waals surface area contributed by atoms with Crippen molar-refractivity contribution in [2.75, 3.05) is 6.54 Å². The van der Waals surface area contributed by atoms with Gasteiger partial charge in [-0.05, 0) is 25.3 Å². The molecule has 1 saturated carbocycles. The number of rotatable bonds is 5. The summed E-state index contributed by atoms with van der Waals surface area (Å²) in [4.78, 5) is 25.5. The van der Waals surface area contributed by atoms with Crippen molar-refractivity contribution >= 4 is 11.9 Å². The third-order valence-corrected chi connectivity index (χ3v) is 4.06. The number of hydrogen-bond acceptors (Lipinski definition) is 2. The van der Waals surface area contributed by atoms with E-state index in [1.54, 1.807) is 4.90 Å². The minimum absolute atomic E-state index is 0.0127. The van der Waals surface area contributed by atoms with Crippen molar-refractivity contribution in [1.82, 2.24) is 4.90 Å². The molecule has 2 atom stereocenters. The minimum Gasteiger partial charge on any atom is -0.481 e. The Morgan fingerprint density at radius 1 is 1.20 bits per heavy atom. The largest absolute Gasteiger partial charge is 0.481 e. The van der Waals surface area contributed by atoms with E-state index < -0.39 is 11.9 Å². The first-order valence-corrected chi connectivity index (χ1v) is 7.19. The first kappa shape index (κ1) is 14.6. The van der Waals surface area contributed by atoms with Gasteiger partial charge < -0.3 is 10.0 Å². The normalized spacial score (nSPS) is 21.6. The highest BCUT2D eigenvalue weighted by Crippen LogP contribution is 2.33. The molecule has 4 heteroatoms. The number of nitrogens with zero attached hydrogens (tertiary/aromatic N) is 1. The lowest BCUT2D eigenvalue weighted by Crippen LogP contribution is -2.38. The van der Waals surface area contributed by atoms with E-state index in [9.17, 15) is 14.7 Å². The van der Waals surface area contributed by atoms with Crippen molar-refractivity contribution in [2.45, 2.75) is 32.7 Å². The van der Waals surface area contributed by atoms with Gasteiger partial charge in [0.1, 0.15) is 0 Å². The molecule has 0 bridgehead atoms. The predicted octanol–water partition coefficient (Wildman–Crippen LogP) is 2.54. The molecule has 1 amide bonds. The van der Waals surface area contributed by atoms with Gasteiger partial charge in [-0.2, -0.15) is 0 Å². The Hall–Kier alpha value is -1.84. The number of carboxylic acids is 1. The van der Waals surface area contributed by atoms with E-state index in [1.165, 1.54) is 0 Å². The van der Waals surface area contributed by atoms with Crippen molar-refractivity contribution < 1.29 is 14.7 Å². The highest BCUT2D eigenvalue weighted by atomic mass is 16.4. The van der Waals surface area contributed by atoms with E-state index in [2.05, 4.69) is 0 Å². The topological polar surface area (TPSA) is 57.6 Å². The molecule has 0 saturated heterocycles. The number of carboxylic acid groups (broad SMARTS) is 1. The van der Waals surface area contributed by atoms with Gasteiger partial charge in [0.25, 0.3) is 0 Å². The summed E-state index contributed by atoms with van der Waals surface area (Å²) in [5, 5.41) is 9.21. The zero-order valence-electron chi connectivity index (χ0n) is 11.8. The van der Waals surface area contributed by atoms with E-state index in [-0.39, 0.29) is 11.8 Å². The van der Waals surface area contributed by atoms with Crippen LogP contribution in [0, 0.1) is 11.8 Å². The van der Waals surface area contributed by atoms with Gasteiger partial charge in [0, 0.05) is 13.1 Å². The molecule has 2 rings (SSSR count). The Kier molecular flexibility index (Phi) is 4.77. The maximum Gasteiger partial charge on any atom is 0.307 e. The average Bonchev–Trinajstić information content (AvgIpc) is 2.94. The molecule has 0 aromatic heterocycles. The molecule has 108 valence electrons. The molecule has 0 heterocycles. The number of amides is 1. The van der Waals surface area contributed by atoms with Crippen LogP contribution in [-0.4, -0.2) is 28.4 Å². The number of aliphatic carboxylic acids is 1. The van der Waals surface area contributed by atoms with Crippen LogP contribution in [0.15, 0.2) is 30.3 Å². The van der Waals surface area contributed by atoms with Crippen LogP contribution >= 0.6 is 0 Å². The fourth-order valence-corrected chi connectivity index (χ4v) is 2.94. The van der Waals surface area contributed by atoms with Gasteiger partial charge >= 0.3 is 5.97 Å². The molecule has 1 N–H and O–H groups in total. The highest BCUT2D eigenvalue weighted by molar-refractivity contribution is 5.85. The molecule has 20 heavy (non-hydrogen) atoms. The summed E-state index contributed by atoms with van der Waals surface area (Å²) in [5.74, 6) is -1.71. The van der Waals surface area contributed by atoms with E-state index in [0.717, 1.165) is 12.0 Å². The number of carbonyl (C=O) groups excluding carboxylic acids is 1. The van der Waals surface area contributed by atoms with Gasteiger partial charge in [-0.3, -0.25) is 9.59 Å². The van der Waals surface area contributed by atoms with Crippen molar-refractivity contribution in [2.24, 2.45) is 11.8 Å². The molecule has 1 aromatic carbocycles. The summed E-state index contributed by atoms with van der Waals surface area (Å²) in [6.07, 6.45) is 2.14. The second-order valence-corrected chi connectivity index (χ2v) is 5.32. The van der Waals surface area contributed by atoms with Crippen LogP contribution in [0.2, 0.25) is 0 Å². The molecule has 1 aliphatic carbocycles. The summed E-state index contributed by atoms with van der Waals surface area (Å²) in [5.41, 5.74) is 1.08. The highest BCUT2D eigenvalue weighted by Gasteiger charge is 2.39. The third kappa shape index (κ3) is 3.18. The maximum absolute atomic E-state index is 12.6. The van der Waals surface area contributed by atoms with Crippen LogP contribution in [0.25, 0.3) is 0 Å². The molecular formula is C16H21NO3. The lowest BCUT2D eigenvalue weighted by atomic mass is 9.94. The number of benzene rings is 1. The second-order valence-electron chi connectivity index (χ2n) is 5.32. The maximum atomic E-state index is 12.6. The molecule has 0 aliphatic heterocycles. The number of carbonyl (C=O) groups is 2. The smallest absolute Gasteiger partial charge is 0.307 e. The van der Waals surface area contributed by atoms with Crippen LogP contribution in [0.1, 0.15) is 31.7 Å². The van der Waals surface area contributed by atoms with Crippen LogP contribution in [0.3, 0.4) is 0 Å². The van der Waals surface area contributed by atoms with Crippen LogP contribution in [0.5, 0.6) is 0 Å². The van der Waals surface area contributed by atoms with Gasteiger partial charge in [-0.1, -0.05) is 36.8 Å². The Morgan fingerprint density at radius 3 is 2.45 bits per heavy atom. The van der Waals surface area contributed by atoms with Crippen molar-refractivity contribution in [1.29, 1.82) is 0 Å². The molecule has 0 radical (unpaired) electrons. The summed E-state index contributed by atoms with van der Waals surface area (Å²) in [7, 11) is 0. The Labute approximate surface area is 119 Å². The Balaban J connectivity index is 2.07. The standard InChI is InChI=1S/C16H21NO3/c1-2-17(11-12-7-4-3-5-8-12)15(18)13-9-6-10-14(13)16(19)20/h3-5,7-8,13-14H,2,6,9-11H2,1H3,(H,19,20). The molecular weight excluding hydrogens is 254 g/mol. The number of hydrogen-bond donors (Lipinski definition) is 1. The molecule has 1 aliphatic rings. The van der Waals surface area contributed by atoms with Gasteiger partial charge in [0.2, 0.25) is 5.91 Å².